The SMILES string of the molecule is CC(O)c1cccc(Nc2nccc(-c3ccc(-c4ccc(C(=O)NCc5ccccc5)cc4)s3)n2)c1. The van der Waals surface area contributed by atoms with Crippen LogP contribution in [0.4, 0.5) is 11.6 Å². The van der Waals surface area contributed by atoms with E-state index in [1.54, 1.807) is 24.5 Å². The normalized spacial score (nSPS) is 11.6. The van der Waals surface area contributed by atoms with Crippen molar-refractivity contribution < 1.29 is 9.90 Å². The van der Waals surface area contributed by atoms with Crippen LogP contribution in [0.15, 0.2) is 103 Å². The maximum atomic E-state index is 12.5. The number of amides is 1. The fourth-order valence-electron chi connectivity index (χ4n) is 3.86. The molecule has 6 nitrogen and oxygen atoms in total. The fraction of sp³-hybridized carbons (Fsp3) is 0.100. The molecule has 2 aromatic heterocycles. The van der Waals surface area contributed by atoms with E-state index in [0.717, 1.165) is 37.8 Å². The lowest BCUT2D eigenvalue weighted by Crippen LogP contribution is -2.22. The van der Waals surface area contributed by atoms with Crippen LogP contribution in [0.25, 0.3) is 21.0 Å². The molecule has 1 unspecified atom stereocenters. The molecule has 0 saturated heterocycles. The smallest absolute Gasteiger partial charge is 0.251 e. The summed E-state index contributed by atoms with van der Waals surface area (Å²) in [7, 11) is 0. The molecule has 3 N–H and O–H groups in total. The van der Waals surface area contributed by atoms with Crippen LogP contribution in [0.3, 0.4) is 0 Å². The number of carbonyl (C=O) groups is 1. The Hall–Kier alpha value is -4.33. The van der Waals surface area contributed by atoms with Crippen LogP contribution < -0.4 is 10.6 Å². The summed E-state index contributed by atoms with van der Waals surface area (Å²) >= 11 is 1.63. The van der Waals surface area contributed by atoms with Gasteiger partial charge < -0.3 is 15.7 Å². The van der Waals surface area contributed by atoms with E-state index >= 15 is 0 Å². The molecule has 184 valence electrons. The number of anilines is 2. The van der Waals surface area contributed by atoms with E-state index in [4.69, 9.17) is 0 Å². The minimum absolute atomic E-state index is 0.0951. The first-order chi connectivity index (χ1) is 18.0. The van der Waals surface area contributed by atoms with Gasteiger partial charge in [-0.15, -0.1) is 11.3 Å². The Balaban J connectivity index is 1.26. The van der Waals surface area contributed by atoms with Gasteiger partial charge in [-0.3, -0.25) is 4.79 Å². The van der Waals surface area contributed by atoms with E-state index in [-0.39, 0.29) is 5.91 Å². The zero-order valence-electron chi connectivity index (χ0n) is 20.3. The van der Waals surface area contributed by atoms with Gasteiger partial charge in [0.15, 0.2) is 0 Å². The van der Waals surface area contributed by atoms with Crippen LogP contribution in [-0.2, 0) is 6.54 Å². The van der Waals surface area contributed by atoms with Gasteiger partial charge >= 0.3 is 0 Å². The molecule has 0 spiro atoms. The second-order valence-corrected chi connectivity index (χ2v) is 9.69. The van der Waals surface area contributed by atoms with Gasteiger partial charge in [0.2, 0.25) is 5.95 Å². The van der Waals surface area contributed by atoms with Crippen LogP contribution in [0.5, 0.6) is 0 Å². The third kappa shape index (κ3) is 6.09. The third-order valence-electron chi connectivity index (χ3n) is 5.87. The molecular formula is C30H26N4O2S. The average Bonchev–Trinajstić information content (AvgIpc) is 3.43. The van der Waals surface area contributed by atoms with Crippen molar-refractivity contribution in [2.24, 2.45) is 0 Å². The molecule has 3 aromatic carbocycles. The molecule has 0 aliphatic heterocycles. The molecule has 1 atom stereocenters. The second-order valence-electron chi connectivity index (χ2n) is 8.60. The first-order valence-corrected chi connectivity index (χ1v) is 12.8. The molecule has 0 aliphatic carbocycles. The maximum Gasteiger partial charge on any atom is 0.251 e. The first-order valence-electron chi connectivity index (χ1n) is 12.0. The molecule has 0 aliphatic rings. The number of aliphatic hydroxyl groups is 1. The standard InChI is InChI=1S/C30H26N4O2S/c1-20(35)24-8-5-9-25(18-24)33-30-31-17-16-26(34-30)28-15-14-27(37-28)22-10-12-23(13-11-22)29(36)32-19-21-6-3-2-4-7-21/h2-18,20,35H,19H2,1H3,(H,32,36)(H,31,33,34). The number of nitrogens with one attached hydrogen (secondary N) is 2. The van der Waals surface area contributed by atoms with Gasteiger partial charge in [-0.25, -0.2) is 9.97 Å². The van der Waals surface area contributed by atoms with Crippen molar-refractivity contribution in [3.63, 3.8) is 0 Å². The zero-order valence-corrected chi connectivity index (χ0v) is 21.1. The molecule has 5 rings (SSSR count). The molecule has 0 fully saturated rings. The molecule has 0 bridgehead atoms. The van der Waals surface area contributed by atoms with E-state index in [9.17, 15) is 9.90 Å². The molecule has 1 amide bonds. The number of aromatic nitrogens is 2. The third-order valence-corrected chi connectivity index (χ3v) is 7.02. The van der Waals surface area contributed by atoms with Crippen molar-refractivity contribution in [2.75, 3.05) is 5.32 Å². The Morgan fingerprint density at radius 3 is 2.49 bits per heavy atom. The molecule has 0 saturated carbocycles. The van der Waals surface area contributed by atoms with Gasteiger partial charge in [0.25, 0.3) is 5.91 Å². The number of carbonyl (C=O) groups excluding carboxylic acids is 1. The summed E-state index contributed by atoms with van der Waals surface area (Å²) in [6.07, 6.45) is 1.18. The van der Waals surface area contributed by atoms with Crippen LogP contribution in [0, 0.1) is 0 Å². The van der Waals surface area contributed by atoms with Crippen molar-refractivity contribution >= 4 is 28.9 Å². The second kappa shape index (κ2) is 11.2. The Morgan fingerprint density at radius 2 is 1.70 bits per heavy atom. The van der Waals surface area contributed by atoms with Gasteiger partial charge in [-0.2, -0.15) is 0 Å². The number of rotatable bonds is 8. The largest absolute Gasteiger partial charge is 0.389 e. The van der Waals surface area contributed by atoms with Gasteiger partial charge in [-0.1, -0.05) is 54.6 Å². The van der Waals surface area contributed by atoms with Gasteiger partial charge in [-0.05, 0) is 66.1 Å². The van der Waals surface area contributed by atoms with Crippen molar-refractivity contribution in [2.45, 2.75) is 19.6 Å². The number of benzene rings is 3. The van der Waals surface area contributed by atoms with E-state index in [1.807, 2.05) is 91.0 Å². The lowest BCUT2D eigenvalue weighted by atomic mass is 10.1. The van der Waals surface area contributed by atoms with Crippen molar-refractivity contribution in [1.82, 2.24) is 15.3 Å². The summed E-state index contributed by atoms with van der Waals surface area (Å²) in [5.74, 6) is 0.392. The number of nitrogens with zero attached hydrogens (tertiary/aromatic N) is 2. The first kappa shape index (κ1) is 24.4. The minimum atomic E-state index is -0.545. The fourth-order valence-corrected chi connectivity index (χ4v) is 4.84. The Morgan fingerprint density at radius 1 is 0.919 bits per heavy atom. The number of thiophene rings is 1. The molecule has 7 heteroatoms. The molecule has 2 heterocycles. The lowest BCUT2D eigenvalue weighted by Gasteiger charge is -2.09. The van der Waals surface area contributed by atoms with Gasteiger partial charge in [0.05, 0.1) is 16.7 Å². The summed E-state index contributed by atoms with van der Waals surface area (Å²) in [4.78, 5) is 23.6. The van der Waals surface area contributed by atoms with Crippen molar-refractivity contribution in [3.8, 4) is 21.0 Å². The predicted octanol–water partition coefficient (Wildman–Crippen LogP) is 6.60. The van der Waals surface area contributed by atoms with E-state index in [0.29, 0.717) is 18.1 Å². The van der Waals surface area contributed by atoms with Crippen LogP contribution >= 0.6 is 11.3 Å². The predicted molar refractivity (Wildman–Crippen MR) is 149 cm³/mol. The van der Waals surface area contributed by atoms with Gasteiger partial charge in [0, 0.05) is 28.9 Å². The number of hydrogen-bond donors (Lipinski definition) is 3. The highest BCUT2D eigenvalue weighted by molar-refractivity contribution is 7.18. The van der Waals surface area contributed by atoms with Crippen molar-refractivity contribution in [3.05, 3.63) is 120 Å². The molecule has 37 heavy (non-hydrogen) atoms. The van der Waals surface area contributed by atoms with Crippen LogP contribution in [0.1, 0.15) is 34.5 Å². The highest BCUT2D eigenvalue weighted by Gasteiger charge is 2.10. The highest BCUT2D eigenvalue weighted by Crippen LogP contribution is 2.34. The summed E-state index contributed by atoms with van der Waals surface area (Å²) in [5, 5.41) is 16.0. The highest BCUT2D eigenvalue weighted by atomic mass is 32.1. The summed E-state index contributed by atoms with van der Waals surface area (Å²) in [6, 6.07) is 31.0. The van der Waals surface area contributed by atoms with Crippen molar-refractivity contribution in [1.29, 1.82) is 0 Å². The maximum absolute atomic E-state index is 12.5. The monoisotopic (exact) mass is 506 g/mol. The summed E-state index contributed by atoms with van der Waals surface area (Å²) < 4.78 is 0. The van der Waals surface area contributed by atoms with E-state index < -0.39 is 6.10 Å². The summed E-state index contributed by atoms with van der Waals surface area (Å²) in [5.41, 5.74) is 5.19. The van der Waals surface area contributed by atoms with E-state index in [1.165, 1.54) is 0 Å². The topological polar surface area (TPSA) is 87.1 Å². The quantitative estimate of drug-likeness (QED) is 0.221. The number of aliphatic hydroxyl groups excluding tert-OH is 1. The zero-order chi connectivity index (χ0) is 25.6. The Labute approximate surface area is 219 Å². The molecule has 0 radical (unpaired) electrons. The average molecular weight is 507 g/mol. The van der Waals surface area contributed by atoms with Gasteiger partial charge in [0.1, 0.15) is 0 Å². The lowest BCUT2D eigenvalue weighted by molar-refractivity contribution is 0.0951. The molecule has 5 aromatic rings. The number of hydrogen-bond acceptors (Lipinski definition) is 6. The summed E-state index contributed by atoms with van der Waals surface area (Å²) in [6.45, 7) is 2.23. The Bertz CT molecular complexity index is 1500. The molecular weight excluding hydrogens is 480 g/mol. The van der Waals surface area contributed by atoms with Crippen LogP contribution in [0.2, 0.25) is 0 Å². The van der Waals surface area contributed by atoms with E-state index in [2.05, 4.69) is 26.7 Å². The minimum Gasteiger partial charge on any atom is -0.389 e. The van der Waals surface area contributed by atoms with Crippen LogP contribution in [-0.4, -0.2) is 21.0 Å². The Kier molecular flexibility index (Phi) is 7.35.